The quantitative estimate of drug-likeness (QED) is 0.566. The van der Waals surface area contributed by atoms with Gasteiger partial charge in [-0.1, -0.05) is 12.1 Å². The van der Waals surface area contributed by atoms with Crippen LogP contribution in [0.1, 0.15) is 30.0 Å². The van der Waals surface area contributed by atoms with Crippen LogP contribution in [0.25, 0.3) is 0 Å². The van der Waals surface area contributed by atoms with E-state index in [0.29, 0.717) is 30.6 Å². The van der Waals surface area contributed by atoms with Crippen molar-refractivity contribution < 1.29 is 14.3 Å². The van der Waals surface area contributed by atoms with Crippen molar-refractivity contribution in [1.82, 2.24) is 0 Å². The van der Waals surface area contributed by atoms with Gasteiger partial charge in [-0.05, 0) is 30.5 Å². The Labute approximate surface area is 106 Å². The van der Waals surface area contributed by atoms with Crippen LogP contribution in [-0.4, -0.2) is 18.9 Å². The van der Waals surface area contributed by atoms with Gasteiger partial charge in [0.1, 0.15) is 6.29 Å². The van der Waals surface area contributed by atoms with Gasteiger partial charge in [0.05, 0.1) is 24.7 Å². The molecule has 0 fully saturated rings. The number of benzene rings is 1. The van der Waals surface area contributed by atoms with Crippen LogP contribution < -0.4 is 0 Å². The molecule has 1 aromatic rings. The zero-order chi connectivity index (χ0) is 13.4. The van der Waals surface area contributed by atoms with Gasteiger partial charge in [0.2, 0.25) is 0 Å². The smallest absolute Gasteiger partial charge is 0.310 e. The highest BCUT2D eigenvalue weighted by molar-refractivity contribution is 5.73. The van der Waals surface area contributed by atoms with Crippen LogP contribution in [0.2, 0.25) is 0 Å². The van der Waals surface area contributed by atoms with E-state index >= 15 is 0 Å². The highest BCUT2D eigenvalue weighted by Crippen LogP contribution is 2.14. The van der Waals surface area contributed by atoms with E-state index < -0.39 is 0 Å². The molecule has 0 amide bonds. The third-order valence-corrected chi connectivity index (χ3v) is 2.49. The maximum atomic E-state index is 11.4. The molecule has 0 aliphatic rings. The summed E-state index contributed by atoms with van der Waals surface area (Å²) in [5.41, 5.74) is 2.04. The summed E-state index contributed by atoms with van der Waals surface area (Å²) in [6.07, 6.45) is 1.99. The van der Waals surface area contributed by atoms with E-state index in [-0.39, 0.29) is 12.4 Å². The van der Waals surface area contributed by atoms with Crippen molar-refractivity contribution in [3.05, 3.63) is 34.9 Å². The average molecular weight is 245 g/mol. The van der Waals surface area contributed by atoms with Gasteiger partial charge in [0.15, 0.2) is 0 Å². The Bertz CT molecular complexity index is 474. The van der Waals surface area contributed by atoms with Gasteiger partial charge in [-0.2, -0.15) is 5.26 Å². The number of aryl methyl sites for hydroxylation is 1. The van der Waals surface area contributed by atoms with Gasteiger partial charge in [-0.3, -0.25) is 4.79 Å². The molecule has 0 saturated heterocycles. The molecule has 0 aromatic heterocycles. The summed E-state index contributed by atoms with van der Waals surface area (Å²) in [6, 6.07) is 7.36. The lowest BCUT2D eigenvalue weighted by molar-refractivity contribution is -0.142. The second-order valence-corrected chi connectivity index (χ2v) is 3.79. The molecule has 94 valence electrons. The lowest BCUT2D eigenvalue weighted by atomic mass is 10.00. The first-order valence-corrected chi connectivity index (χ1v) is 5.82. The number of ether oxygens (including phenoxy) is 1. The number of aldehydes is 1. The summed E-state index contributed by atoms with van der Waals surface area (Å²) in [5, 5.41) is 9.04. The Morgan fingerprint density at radius 3 is 2.89 bits per heavy atom. The normalized spacial score (nSPS) is 9.56. The largest absolute Gasteiger partial charge is 0.466 e. The molecule has 0 aliphatic carbocycles. The number of hydrogen-bond donors (Lipinski definition) is 0. The number of esters is 1. The van der Waals surface area contributed by atoms with E-state index in [0.717, 1.165) is 11.8 Å². The molecule has 4 heteroatoms. The topological polar surface area (TPSA) is 67.2 Å². The highest BCUT2D eigenvalue weighted by atomic mass is 16.5. The molecule has 0 bridgehead atoms. The van der Waals surface area contributed by atoms with Crippen LogP contribution in [0.15, 0.2) is 18.2 Å². The lowest BCUT2D eigenvalue weighted by Gasteiger charge is -2.06. The van der Waals surface area contributed by atoms with Crippen LogP contribution in [-0.2, 0) is 27.2 Å². The van der Waals surface area contributed by atoms with Crippen LogP contribution in [0.4, 0.5) is 0 Å². The number of hydrogen-bond acceptors (Lipinski definition) is 4. The minimum absolute atomic E-state index is 0.102. The van der Waals surface area contributed by atoms with E-state index in [4.69, 9.17) is 10.00 Å². The van der Waals surface area contributed by atoms with Gasteiger partial charge in [0, 0.05) is 6.42 Å². The number of nitrogens with zero attached hydrogens (tertiary/aromatic N) is 1. The first-order chi connectivity index (χ1) is 8.71. The molecule has 18 heavy (non-hydrogen) atoms. The fourth-order valence-corrected chi connectivity index (χ4v) is 1.63. The summed E-state index contributed by atoms with van der Waals surface area (Å²) in [4.78, 5) is 21.7. The molecule has 4 nitrogen and oxygen atoms in total. The number of carbonyl (C=O) groups excluding carboxylic acids is 2. The van der Waals surface area contributed by atoms with Gasteiger partial charge in [0.25, 0.3) is 0 Å². The number of nitriles is 1. The molecule has 0 heterocycles. The number of carbonyl (C=O) groups is 2. The van der Waals surface area contributed by atoms with Gasteiger partial charge >= 0.3 is 5.97 Å². The zero-order valence-electron chi connectivity index (χ0n) is 10.3. The van der Waals surface area contributed by atoms with Crippen molar-refractivity contribution in [2.24, 2.45) is 0 Å². The Kier molecular flexibility index (Phi) is 5.59. The summed E-state index contributed by atoms with van der Waals surface area (Å²) in [5.74, 6) is -0.338. The van der Waals surface area contributed by atoms with E-state index in [9.17, 15) is 9.59 Å². The standard InChI is InChI=1S/C14H15NO3/c1-2-18-14(17)9-12-6-5-11(4-3-7-16)8-13(12)10-15/h5-8H,2-4,9H2,1H3. The Balaban J connectivity index is 2.83. The molecule has 0 atom stereocenters. The second-order valence-electron chi connectivity index (χ2n) is 3.79. The molecule has 0 radical (unpaired) electrons. The summed E-state index contributed by atoms with van der Waals surface area (Å²) in [6.45, 7) is 2.07. The highest BCUT2D eigenvalue weighted by Gasteiger charge is 2.09. The summed E-state index contributed by atoms with van der Waals surface area (Å²) >= 11 is 0. The third kappa shape index (κ3) is 4.02. The SMILES string of the molecule is CCOC(=O)Cc1ccc(CCC=O)cc1C#N. The molecule has 1 aromatic carbocycles. The molecule has 1 rings (SSSR count). The van der Waals surface area contributed by atoms with Crippen LogP contribution in [0, 0.1) is 11.3 Å². The third-order valence-electron chi connectivity index (χ3n) is 2.49. The van der Waals surface area contributed by atoms with Crippen LogP contribution >= 0.6 is 0 Å². The molecular formula is C14H15NO3. The van der Waals surface area contributed by atoms with E-state index in [1.54, 1.807) is 19.1 Å². The van der Waals surface area contributed by atoms with Crippen molar-refractivity contribution in [3.8, 4) is 6.07 Å². The minimum atomic E-state index is -0.338. The number of rotatable bonds is 6. The van der Waals surface area contributed by atoms with Crippen molar-refractivity contribution >= 4 is 12.3 Å². The van der Waals surface area contributed by atoms with Gasteiger partial charge in [-0.25, -0.2) is 0 Å². The van der Waals surface area contributed by atoms with Crippen molar-refractivity contribution in [3.63, 3.8) is 0 Å². The molecular weight excluding hydrogens is 230 g/mol. The van der Waals surface area contributed by atoms with Crippen molar-refractivity contribution in [2.75, 3.05) is 6.61 Å². The van der Waals surface area contributed by atoms with Crippen molar-refractivity contribution in [2.45, 2.75) is 26.2 Å². The van der Waals surface area contributed by atoms with Crippen LogP contribution in [0.5, 0.6) is 0 Å². The first-order valence-electron chi connectivity index (χ1n) is 5.82. The Morgan fingerprint density at radius 2 is 2.28 bits per heavy atom. The first kappa shape index (κ1) is 13.9. The van der Waals surface area contributed by atoms with Crippen LogP contribution in [0.3, 0.4) is 0 Å². The van der Waals surface area contributed by atoms with Gasteiger partial charge in [-0.15, -0.1) is 0 Å². The average Bonchev–Trinajstić information content (AvgIpc) is 2.37. The molecule has 0 spiro atoms. The monoisotopic (exact) mass is 245 g/mol. The van der Waals surface area contributed by atoms with Gasteiger partial charge < -0.3 is 9.53 Å². The maximum absolute atomic E-state index is 11.4. The fourth-order valence-electron chi connectivity index (χ4n) is 1.63. The second kappa shape index (κ2) is 7.23. The predicted octanol–water partition coefficient (Wildman–Crippen LogP) is 1.80. The van der Waals surface area contributed by atoms with E-state index in [2.05, 4.69) is 6.07 Å². The molecule has 0 saturated carbocycles. The molecule has 0 unspecified atom stereocenters. The maximum Gasteiger partial charge on any atom is 0.310 e. The fraction of sp³-hybridized carbons (Fsp3) is 0.357. The molecule has 0 aliphatic heterocycles. The minimum Gasteiger partial charge on any atom is -0.466 e. The molecule has 0 N–H and O–H groups in total. The Morgan fingerprint density at radius 1 is 1.50 bits per heavy atom. The van der Waals surface area contributed by atoms with E-state index in [1.807, 2.05) is 6.07 Å². The van der Waals surface area contributed by atoms with E-state index in [1.165, 1.54) is 0 Å². The predicted molar refractivity (Wildman–Crippen MR) is 65.9 cm³/mol. The van der Waals surface area contributed by atoms with Crippen molar-refractivity contribution in [1.29, 1.82) is 5.26 Å². The summed E-state index contributed by atoms with van der Waals surface area (Å²) in [7, 11) is 0. The Hall–Kier alpha value is -2.15. The lowest BCUT2D eigenvalue weighted by Crippen LogP contribution is -2.08. The summed E-state index contributed by atoms with van der Waals surface area (Å²) < 4.78 is 4.85. The zero-order valence-corrected chi connectivity index (χ0v) is 10.3.